The molecule has 0 heterocycles. The topological polar surface area (TPSA) is 107 Å². The van der Waals surface area contributed by atoms with Crippen LogP contribution < -0.4 is 15.8 Å². The highest BCUT2D eigenvalue weighted by atomic mass is 16.6. The molecule has 7 heteroatoms. The highest BCUT2D eigenvalue weighted by Crippen LogP contribution is 2.27. The number of nitro groups is 1. The van der Waals surface area contributed by atoms with Crippen LogP contribution in [0.15, 0.2) is 18.2 Å². The lowest BCUT2D eigenvalue weighted by Crippen LogP contribution is -2.40. The summed E-state index contributed by atoms with van der Waals surface area (Å²) in [7, 11) is 1.34. The molecule has 0 fully saturated rings. The molecule has 20 heavy (non-hydrogen) atoms. The lowest BCUT2D eigenvalue weighted by molar-refractivity contribution is -0.385. The molecule has 1 rings (SSSR count). The highest BCUT2D eigenvalue weighted by Gasteiger charge is 2.18. The SMILES string of the molecule is COc1ccc(C(=O)NCC(N)C(C)C)cc1[N+](=O)[O-]. The Kier molecular flexibility index (Phi) is 5.45. The van der Waals surface area contributed by atoms with Gasteiger partial charge in [-0.2, -0.15) is 0 Å². The third-order valence-electron chi connectivity index (χ3n) is 2.99. The van der Waals surface area contributed by atoms with Crippen molar-refractivity contribution in [2.45, 2.75) is 19.9 Å². The lowest BCUT2D eigenvalue weighted by atomic mass is 10.1. The van der Waals surface area contributed by atoms with Crippen LogP contribution in [0.3, 0.4) is 0 Å². The summed E-state index contributed by atoms with van der Waals surface area (Å²) in [5, 5.41) is 13.5. The van der Waals surface area contributed by atoms with Crippen molar-refractivity contribution in [3.8, 4) is 5.75 Å². The van der Waals surface area contributed by atoms with Crippen LogP contribution >= 0.6 is 0 Å². The summed E-state index contributed by atoms with van der Waals surface area (Å²) in [6, 6.07) is 3.90. The first-order valence-corrected chi connectivity index (χ1v) is 6.23. The van der Waals surface area contributed by atoms with Gasteiger partial charge in [0.15, 0.2) is 5.75 Å². The van der Waals surface area contributed by atoms with Gasteiger partial charge in [0, 0.05) is 24.2 Å². The number of nitrogens with zero attached hydrogens (tertiary/aromatic N) is 1. The van der Waals surface area contributed by atoms with Crippen LogP contribution in [0.4, 0.5) is 5.69 Å². The fourth-order valence-electron chi connectivity index (χ4n) is 1.52. The van der Waals surface area contributed by atoms with Gasteiger partial charge in [0.2, 0.25) is 0 Å². The van der Waals surface area contributed by atoms with Crippen molar-refractivity contribution >= 4 is 11.6 Å². The van der Waals surface area contributed by atoms with E-state index < -0.39 is 10.8 Å². The van der Waals surface area contributed by atoms with Gasteiger partial charge in [0.25, 0.3) is 5.91 Å². The standard InChI is InChI=1S/C13H19N3O4/c1-8(2)10(14)7-15-13(17)9-4-5-12(20-3)11(6-9)16(18)19/h4-6,8,10H,7,14H2,1-3H3,(H,15,17). The molecule has 0 aliphatic carbocycles. The van der Waals surface area contributed by atoms with E-state index in [1.165, 1.54) is 25.3 Å². The molecule has 0 bridgehead atoms. The molecule has 7 nitrogen and oxygen atoms in total. The van der Waals surface area contributed by atoms with Crippen LogP contribution in [-0.2, 0) is 0 Å². The number of ether oxygens (including phenoxy) is 1. The van der Waals surface area contributed by atoms with Gasteiger partial charge in [-0.1, -0.05) is 13.8 Å². The number of carbonyl (C=O) groups excluding carboxylic acids is 1. The van der Waals surface area contributed by atoms with Crippen molar-refractivity contribution in [1.29, 1.82) is 0 Å². The molecular weight excluding hydrogens is 262 g/mol. The molecule has 3 N–H and O–H groups in total. The number of methoxy groups -OCH3 is 1. The van der Waals surface area contributed by atoms with E-state index in [9.17, 15) is 14.9 Å². The minimum absolute atomic E-state index is 0.116. The van der Waals surface area contributed by atoms with E-state index in [0.29, 0.717) is 6.54 Å². The van der Waals surface area contributed by atoms with Gasteiger partial charge in [0.1, 0.15) is 0 Å². The monoisotopic (exact) mass is 281 g/mol. The zero-order valence-electron chi connectivity index (χ0n) is 11.8. The van der Waals surface area contributed by atoms with E-state index in [-0.39, 0.29) is 29.0 Å². The summed E-state index contributed by atoms with van der Waals surface area (Å²) in [6.07, 6.45) is 0. The molecule has 0 saturated carbocycles. The molecule has 1 atom stereocenters. The second-order valence-electron chi connectivity index (χ2n) is 4.76. The largest absolute Gasteiger partial charge is 0.490 e. The molecule has 0 saturated heterocycles. The van der Waals surface area contributed by atoms with E-state index >= 15 is 0 Å². The Morgan fingerprint density at radius 3 is 2.65 bits per heavy atom. The number of carbonyl (C=O) groups is 1. The van der Waals surface area contributed by atoms with Gasteiger partial charge in [-0.3, -0.25) is 14.9 Å². The van der Waals surface area contributed by atoms with Crippen molar-refractivity contribution in [2.24, 2.45) is 11.7 Å². The number of nitro benzene ring substituents is 1. The fraction of sp³-hybridized carbons (Fsp3) is 0.462. The Morgan fingerprint density at radius 1 is 1.50 bits per heavy atom. The molecule has 110 valence electrons. The predicted molar refractivity (Wildman–Crippen MR) is 74.8 cm³/mol. The molecule has 0 aliphatic rings. The zero-order valence-corrected chi connectivity index (χ0v) is 11.8. The summed E-state index contributed by atoms with van der Waals surface area (Å²) >= 11 is 0. The van der Waals surface area contributed by atoms with E-state index in [1.807, 2.05) is 13.8 Å². The minimum Gasteiger partial charge on any atom is -0.490 e. The van der Waals surface area contributed by atoms with Gasteiger partial charge in [0.05, 0.1) is 12.0 Å². The minimum atomic E-state index is -0.588. The average Bonchev–Trinajstić information content (AvgIpc) is 2.43. The van der Waals surface area contributed by atoms with Crippen LogP contribution in [0.1, 0.15) is 24.2 Å². The number of benzene rings is 1. The first kappa shape index (κ1) is 15.9. The van der Waals surface area contributed by atoms with Crippen molar-refractivity contribution < 1.29 is 14.5 Å². The molecule has 1 aromatic carbocycles. The van der Waals surface area contributed by atoms with Crippen LogP contribution in [-0.4, -0.2) is 30.5 Å². The molecule has 0 radical (unpaired) electrons. The van der Waals surface area contributed by atoms with E-state index in [4.69, 9.17) is 10.5 Å². The van der Waals surface area contributed by atoms with E-state index in [1.54, 1.807) is 0 Å². The quantitative estimate of drug-likeness (QED) is 0.604. The summed E-state index contributed by atoms with van der Waals surface area (Å²) in [5.74, 6) is -0.0437. The molecule has 1 unspecified atom stereocenters. The number of nitrogens with two attached hydrogens (primary N) is 1. The first-order chi connectivity index (χ1) is 9.36. The lowest BCUT2D eigenvalue weighted by Gasteiger charge is -2.16. The van der Waals surface area contributed by atoms with Gasteiger partial charge in [-0.15, -0.1) is 0 Å². The smallest absolute Gasteiger partial charge is 0.311 e. The number of hydrogen-bond acceptors (Lipinski definition) is 5. The maximum atomic E-state index is 11.9. The molecule has 0 aliphatic heterocycles. The molecule has 0 aromatic heterocycles. The normalized spacial score (nSPS) is 12.1. The molecule has 1 amide bonds. The molecular formula is C13H19N3O4. The van der Waals surface area contributed by atoms with Crippen molar-refractivity contribution in [3.63, 3.8) is 0 Å². The summed E-state index contributed by atoms with van der Waals surface area (Å²) in [5.41, 5.74) is 5.78. The van der Waals surface area contributed by atoms with Gasteiger partial charge >= 0.3 is 5.69 Å². The van der Waals surface area contributed by atoms with E-state index in [0.717, 1.165) is 0 Å². The average molecular weight is 281 g/mol. The van der Waals surface area contributed by atoms with Gasteiger partial charge in [-0.25, -0.2) is 0 Å². The van der Waals surface area contributed by atoms with Crippen molar-refractivity contribution in [2.75, 3.05) is 13.7 Å². The zero-order chi connectivity index (χ0) is 15.3. The highest BCUT2D eigenvalue weighted by molar-refractivity contribution is 5.95. The Morgan fingerprint density at radius 2 is 2.15 bits per heavy atom. The van der Waals surface area contributed by atoms with E-state index in [2.05, 4.69) is 5.32 Å². The maximum absolute atomic E-state index is 11.9. The predicted octanol–water partition coefficient (Wildman–Crippen LogP) is 1.32. The maximum Gasteiger partial charge on any atom is 0.311 e. The van der Waals surface area contributed by atoms with Crippen LogP contribution in [0, 0.1) is 16.0 Å². The summed E-state index contributed by atoms with van der Waals surface area (Å²) in [6.45, 7) is 4.22. The fourth-order valence-corrected chi connectivity index (χ4v) is 1.52. The molecule has 1 aromatic rings. The summed E-state index contributed by atoms with van der Waals surface area (Å²) in [4.78, 5) is 22.2. The Labute approximate surface area is 117 Å². The van der Waals surface area contributed by atoms with Crippen LogP contribution in [0.25, 0.3) is 0 Å². The van der Waals surface area contributed by atoms with Crippen molar-refractivity contribution in [1.82, 2.24) is 5.32 Å². The Balaban J connectivity index is 2.84. The first-order valence-electron chi connectivity index (χ1n) is 6.23. The third-order valence-corrected chi connectivity index (χ3v) is 2.99. The number of amides is 1. The van der Waals surface area contributed by atoms with Crippen molar-refractivity contribution in [3.05, 3.63) is 33.9 Å². The van der Waals surface area contributed by atoms with Gasteiger partial charge in [-0.05, 0) is 18.1 Å². The third kappa shape index (κ3) is 3.92. The number of hydrogen-bond donors (Lipinski definition) is 2. The second-order valence-corrected chi connectivity index (χ2v) is 4.76. The number of nitrogens with one attached hydrogen (secondary N) is 1. The Hall–Kier alpha value is -2.15. The Bertz CT molecular complexity index is 502. The van der Waals surface area contributed by atoms with Gasteiger partial charge < -0.3 is 15.8 Å². The number of rotatable bonds is 6. The molecule has 0 spiro atoms. The summed E-state index contributed by atoms with van der Waals surface area (Å²) < 4.78 is 4.88. The second kappa shape index (κ2) is 6.85. The van der Waals surface area contributed by atoms with Crippen LogP contribution in [0.5, 0.6) is 5.75 Å². The van der Waals surface area contributed by atoms with Crippen LogP contribution in [0.2, 0.25) is 0 Å².